The van der Waals surface area contributed by atoms with Crippen LogP contribution in [0.5, 0.6) is 0 Å². The predicted octanol–water partition coefficient (Wildman–Crippen LogP) is 1.16. The fraction of sp³-hybridized carbons (Fsp3) is 0.667. The van der Waals surface area contributed by atoms with Gasteiger partial charge in [-0.1, -0.05) is 0 Å². The van der Waals surface area contributed by atoms with Gasteiger partial charge in [-0.05, 0) is 20.8 Å². The van der Waals surface area contributed by atoms with E-state index in [1.54, 1.807) is 26.2 Å². The van der Waals surface area contributed by atoms with Crippen LogP contribution in [0.2, 0.25) is 0 Å². The molecule has 0 aliphatic carbocycles. The Bertz CT molecular complexity index is 467. The van der Waals surface area contributed by atoms with Crippen molar-refractivity contribution in [2.24, 2.45) is 5.73 Å². The van der Waals surface area contributed by atoms with E-state index in [1.165, 1.54) is 22.7 Å². The summed E-state index contributed by atoms with van der Waals surface area (Å²) < 4.78 is 27.4. The van der Waals surface area contributed by atoms with Gasteiger partial charge in [-0.3, -0.25) is 0 Å². The molecule has 0 aliphatic heterocycles. The van der Waals surface area contributed by atoms with Crippen LogP contribution in [0.25, 0.3) is 0 Å². The zero-order valence-corrected chi connectivity index (χ0v) is 12.0. The van der Waals surface area contributed by atoms with Gasteiger partial charge in [0.1, 0.15) is 0 Å². The summed E-state index contributed by atoms with van der Waals surface area (Å²) in [7, 11) is -2.01. The van der Waals surface area contributed by atoms with Crippen LogP contribution < -0.4 is 10.5 Å². The van der Waals surface area contributed by atoms with E-state index in [-0.39, 0.29) is 12.1 Å². The van der Waals surface area contributed by atoms with Gasteiger partial charge in [0.05, 0.1) is 5.69 Å². The molecule has 0 saturated carbocycles. The van der Waals surface area contributed by atoms with Gasteiger partial charge in [0, 0.05) is 24.5 Å². The summed E-state index contributed by atoms with van der Waals surface area (Å²) in [5.41, 5.74) is 6.34. The first-order valence-corrected chi connectivity index (χ1v) is 7.52. The number of hydrogen-bond donors (Lipinski definition) is 2. The Kier molecular flexibility index (Phi) is 4.48. The van der Waals surface area contributed by atoms with Gasteiger partial charge >= 0.3 is 10.2 Å². The Labute approximate surface area is 106 Å². The highest BCUT2D eigenvalue weighted by atomic mass is 32.2. The Morgan fingerprint density at radius 2 is 2.06 bits per heavy atom. The third kappa shape index (κ3) is 3.63. The molecule has 0 fully saturated rings. The number of nitrogens with two attached hydrogens (primary N) is 1. The van der Waals surface area contributed by atoms with Crippen LogP contribution in [0.1, 0.15) is 32.5 Å². The zero-order chi connectivity index (χ0) is 13.2. The molecule has 0 spiro atoms. The number of anilines is 1. The molecule has 0 aliphatic rings. The van der Waals surface area contributed by atoms with Gasteiger partial charge in [0.15, 0.2) is 5.13 Å². The van der Waals surface area contributed by atoms with Crippen molar-refractivity contribution < 1.29 is 8.42 Å². The van der Waals surface area contributed by atoms with Crippen molar-refractivity contribution in [1.29, 1.82) is 0 Å². The number of hydrogen-bond acceptors (Lipinski definition) is 5. The molecule has 8 heteroatoms. The molecular formula is C9H18N4O2S2. The third-order valence-corrected chi connectivity index (χ3v) is 4.85. The van der Waals surface area contributed by atoms with Crippen LogP contribution in [0.4, 0.5) is 5.13 Å². The quantitative estimate of drug-likeness (QED) is 0.846. The van der Waals surface area contributed by atoms with Crippen molar-refractivity contribution in [2.45, 2.75) is 32.9 Å². The van der Waals surface area contributed by atoms with E-state index < -0.39 is 10.2 Å². The second-order valence-electron chi connectivity index (χ2n) is 4.08. The molecule has 1 rings (SSSR count). The molecule has 0 saturated heterocycles. The molecule has 3 N–H and O–H groups in total. The monoisotopic (exact) mass is 278 g/mol. The van der Waals surface area contributed by atoms with E-state index in [9.17, 15) is 8.42 Å². The summed E-state index contributed by atoms with van der Waals surface area (Å²) in [6, 6.07) is -0.312. The largest absolute Gasteiger partial charge is 0.323 e. The lowest BCUT2D eigenvalue weighted by molar-refractivity contribution is 0.414. The first kappa shape index (κ1) is 14.4. The maximum absolute atomic E-state index is 11.9. The number of thiazole rings is 1. The fourth-order valence-corrected chi connectivity index (χ4v) is 3.13. The van der Waals surface area contributed by atoms with E-state index in [0.29, 0.717) is 10.8 Å². The van der Waals surface area contributed by atoms with Crippen LogP contribution in [0.3, 0.4) is 0 Å². The molecule has 1 unspecified atom stereocenters. The molecule has 0 radical (unpaired) electrons. The third-order valence-electron chi connectivity index (χ3n) is 2.31. The van der Waals surface area contributed by atoms with Crippen molar-refractivity contribution >= 4 is 26.7 Å². The van der Waals surface area contributed by atoms with Crippen LogP contribution >= 0.6 is 11.3 Å². The molecular weight excluding hydrogens is 260 g/mol. The average Bonchev–Trinajstić information content (AvgIpc) is 2.64. The normalized spacial score (nSPS) is 14.3. The number of aromatic nitrogens is 1. The minimum atomic E-state index is -3.53. The van der Waals surface area contributed by atoms with Crippen LogP contribution in [0.15, 0.2) is 5.38 Å². The first-order chi connectivity index (χ1) is 7.74. The maximum atomic E-state index is 11.9. The molecule has 0 aromatic carbocycles. The van der Waals surface area contributed by atoms with Gasteiger partial charge in [-0.25, -0.2) is 9.71 Å². The van der Waals surface area contributed by atoms with Gasteiger partial charge in [0.25, 0.3) is 0 Å². The maximum Gasteiger partial charge on any atom is 0.303 e. The van der Waals surface area contributed by atoms with Gasteiger partial charge in [-0.15, -0.1) is 11.3 Å². The van der Waals surface area contributed by atoms with Crippen LogP contribution in [-0.4, -0.2) is 30.8 Å². The molecule has 1 aromatic rings. The SMILES string of the molecule is CC(N)c1csc(NS(=O)(=O)N(C)C(C)C)n1. The summed E-state index contributed by atoms with van der Waals surface area (Å²) in [4.78, 5) is 4.11. The number of rotatable bonds is 5. The summed E-state index contributed by atoms with van der Waals surface area (Å²) in [6.45, 7) is 5.40. The highest BCUT2D eigenvalue weighted by Gasteiger charge is 2.21. The summed E-state index contributed by atoms with van der Waals surface area (Å²) >= 11 is 1.23. The summed E-state index contributed by atoms with van der Waals surface area (Å²) in [6.07, 6.45) is 0. The highest BCUT2D eigenvalue weighted by molar-refractivity contribution is 7.90. The predicted molar refractivity (Wildman–Crippen MR) is 70.2 cm³/mol. The molecule has 6 nitrogen and oxygen atoms in total. The Balaban J connectivity index is 2.83. The molecule has 0 amide bonds. The smallest absolute Gasteiger partial charge is 0.303 e. The summed E-state index contributed by atoms with van der Waals surface area (Å²) in [5.74, 6) is 0. The number of nitrogens with zero attached hydrogens (tertiary/aromatic N) is 2. The lowest BCUT2D eigenvalue weighted by atomic mass is 10.3. The van der Waals surface area contributed by atoms with Gasteiger partial charge < -0.3 is 5.73 Å². The van der Waals surface area contributed by atoms with E-state index in [2.05, 4.69) is 9.71 Å². The molecule has 17 heavy (non-hydrogen) atoms. The average molecular weight is 278 g/mol. The van der Waals surface area contributed by atoms with E-state index >= 15 is 0 Å². The number of nitrogens with one attached hydrogen (secondary N) is 1. The molecule has 1 atom stereocenters. The summed E-state index contributed by atoms with van der Waals surface area (Å²) in [5, 5.41) is 2.09. The van der Waals surface area contributed by atoms with Crippen molar-refractivity contribution in [1.82, 2.24) is 9.29 Å². The van der Waals surface area contributed by atoms with Crippen LogP contribution in [0, 0.1) is 0 Å². The first-order valence-electron chi connectivity index (χ1n) is 5.21. The van der Waals surface area contributed by atoms with Crippen molar-refractivity contribution in [3.8, 4) is 0 Å². The van der Waals surface area contributed by atoms with Crippen molar-refractivity contribution in [3.05, 3.63) is 11.1 Å². The van der Waals surface area contributed by atoms with Crippen molar-refractivity contribution in [2.75, 3.05) is 11.8 Å². The molecule has 1 heterocycles. The Morgan fingerprint density at radius 3 is 2.47 bits per heavy atom. The second kappa shape index (κ2) is 5.30. The van der Waals surface area contributed by atoms with Gasteiger partial charge in [-0.2, -0.15) is 12.7 Å². The Morgan fingerprint density at radius 1 is 1.47 bits per heavy atom. The standard InChI is InChI=1S/C9H18N4O2S2/c1-6(2)13(4)17(14,15)12-9-11-8(5-16-9)7(3)10/h5-7H,10H2,1-4H3,(H,11,12). The highest BCUT2D eigenvalue weighted by Crippen LogP contribution is 2.21. The Hall–Kier alpha value is -0.700. The minimum Gasteiger partial charge on any atom is -0.323 e. The molecule has 0 bridgehead atoms. The lowest BCUT2D eigenvalue weighted by Crippen LogP contribution is -2.37. The zero-order valence-electron chi connectivity index (χ0n) is 10.3. The van der Waals surface area contributed by atoms with E-state index in [0.717, 1.165) is 0 Å². The minimum absolute atomic E-state index is 0.111. The van der Waals surface area contributed by atoms with E-state index in [4.69, 9.17) is 5.73 Å². The molecule has 98 valence electrons. The van der Waals surface area contributed by atoms with Crippen LogP contribution in [-0.2, 0) is 10.2 Å². The fourth-order valence-electron chi connectivity index (χ4n) is 1.00. The van der Waals surface area contributed by atoms with Gasteiger partial charge in [0.2, 0.25) is 0 Å². The molecule has 1 aromatic heterocycles. The topological polar surface area (TPSA) is 88.3 Å². The lowest BCUT2D eigenvalue weighted by Gasteiger charge is -2.20. The second-order valence-corrected chi connectivity index (χ2v) is 6.67. The van der Waals surface area contributed by atoms with Crippen molar-refractivity contribution in [3.63, 3.8) is 0 Å². The van der Waals surface area contributed by atoms with E-state index in [1.807, 2.05) is 0 Å².